The number of rotatable bonds is 2. The summed E-state index contributed by atoms with van der Waals surface area (Å²) in [6.45, 7) is 0. The summed E-state index contributed by atoms with van der Waals surface area (Å²) in [7, 11) is 0. The highest BCUT2D eigenvalue weighted by molar-refractivity contribution is 5.18. The zero-order valence-corrected chi connectivity index (χ0v) is 7.17. The van der Waals surface area contributed by atoms with Gasteiger partial charge in [-0.25, -0.2) is 0 Å². The lowest BCUT2D eigenvalue weighted by molar-refractivity contribution is 0.542. The Balaban J connectivity index is 2.29. The Morgan fingerprint density at radius 1 is 1.15 bits per heavy atom. The molecule has 1 atom stereocenters. The molecule has 2 rings (SSSR count). The van der Waals surface area contributed by atoms with Gasteiger partial charge < -0.3 is 5.73 Å². The Kier molecular flexibility index (Phi) is 2.10. The summed E-state index contributed by atoms with van der Waals surface area (Å²) >= 11 is 0. The van der Waals surface area contributed by atoms with Gasteiger partial charge in [0.05, 0.1) is 0 Å². The van der Waals surface area contributed by atoms with E-state index in [0.717, 1.165) is 5.56 Å². The van der Waals surface area contributed by atoms with E-state index in [1.54, 1.807) is 10.9 Å². The van der Waals surface area contributed by atoms with E-state index in [0.29, 0.717) is 0 Å². The molecule has 2 N–H and O–H groups in total. The van der Waals surface area contributed by atoms with E-state index in [-0.39, 0.29) is 6.17 Å². The fraction of sp³-hybridized carbons (Fsp3) is 0.100. The van der Waals surface area contributed by atoms with Crippen LogP contribution in [0.25, 0.3) is 0 Å². The van der Waals surface area contributed by atoms with Gasteiger partial charge in [-0.15, -0.1) is 0 Å². The van der Waals surface area contributed by atoms with Crippen LogP contribution >= 0.6 is 0 Å². The van der Waals surface area contributed by atoms with Crippen molar-refractivity contribution >= 4 is 0 Å². The highest BCUT2D eigenvalue weighted by atomic mass is 15.3. The largest absolute Gasteiger partial charge is 0.306 e. The second-order valence-electron chi connectivity index (χ2n) is 2.84. The molecule has 3 heteroatoms. The Morgan fingerprint density at radius 2 is 1.92 bits per heavy atom. The van der Waals surface area contributed by atoms with Gasteiger partial charge in [0.15, 0.2) is 0 Å². The summed E-state index contributed by atoms with van der Waals surface area (Å²) in [6.07, 6.45) is 3.40. The predicted molar refractivity (Wildman–Crippen MR) is 51.0 cm³/mol. The van der Waals surface area contributed by atoms with E-state index in [4.69, 9.17) is 5.73 Å². The zero-order valence-electron chi connectivity index (χ0n) is 7.17. The lowest BCUT2D eigenvalue weighted by Gasteiger charge is -2.11. The molecule has 0 aliphatic rings. The number of benzene rings is 1. The number of aromatic nitrogens is 2. The molecule has 0 spiro atoms. The number of nitrogens with zero attached hydrogens (tertiary/aromatic N) is 2. The predicted octanol–water partition coefficient (Wildman–Crippen LogP) is 1.39. The van der Waals surface area contributed by atoms with Crippen molar-refractivity contribution in [2.75, 3.05) is 0 Å². The number of nitrogens with two attached hydrogens (primary N) is 1. The van der Waals surface area contributed by atoms with Crippen molar-refractivity contribution in [1.29, 1.82) is 0 Å². The Morgan fingerprint density at radius 3 is 2.54 bits per heavy atom. The molecule has 0 bridgehead atoms. The average Bonchev–Trinajstić information content (AvgIpc) is 2.71. The van der Waals surface area contributed by atoms with Crippen LogP contribution in [0, 0.1) is 0 Å². The normalized spacial score (nSPS) is 12.7. The standard InChI is InChI=1S/C10H11N3/c11-10(13-8-4-7-12-13)9-5-2-1-3-6-9/h1-8,10H,11H2. The molecule has 0 saturated carbocycles. The minimum absolute atomic E-state index is 0.184. The van der Waals surface area contributed by atoms with Crippen molar-refractivity contribution < 1.29 is 0 Å². The van der Waals surface area contributed by atoms with Gasteiger partial charge in [0.1, 0.15) is 6.17 Å². The molecule has 3 nitrogen and oxygen atoms in total. The molecule has 0 saturated heterocycles. The van der Waals surface area contributed by atoms with Gasteiger partial charge in [0.25, 0.3) is 0 Å². The Bertz CT molecular complexity index is 353. The van der Waals surface area contributed by atoms with Crippen LogP contribution in [-0.4, -0.2) is 9.78 Å². The van der Waals surface area contributed by atoms with Crippen molar-refractivity contribution in [2.45, 2.75) is 6.17 Å². The maximum Gasteiger partial charge on any atom is 0.124 e. The molecule has 0 radical (unpaired) electrons. The molecular formula is C10H11N3. The Labute approximate surface area is 76.8 Å². The van der Waals surface area contributed by atoms with Crippen LogP contribution < -0.4 is 5.73 Å². The van der Waals surface area contributed by atoms with Crippen LogP contribution in [0.5, 0.6) is 0 Å². The SMILES string of the molecule is NC(c1ccccc1)n1cccn1. The topological polar surface area (TPSA) is 43.8 Å². The summed E-state index contributed by atoms with van der Waals surface area (Å²) in [5.74, 6) is 0. The average molecular weight is 173 g/mol. The minimum atomic E-state index is -0.184. The second-order valence-corrected chi connectivity index (χ2v) is 2.84. The van der Waals surface area contributed by atoms with E-state index in [2.05, 4.69) is 5.10 Å². The first-order valence-corrected chi connectivity index (χ1v) is 4.17. The lowest BCUT2D eigenvalue weighted by atomic mass is 10.2. The molecule has 0 amide bonds. The summed E-state index contributed by atoms with van der Waals surface area (Å²) in [5, 5.41) is 4.08. The van der Waals surface area contributed by atoms with Crippen molar-refractivity contribution in [2.24, 2.45) is 5.73 Å². The van der Waals surface area contributed by atoms with Crippen molar-refractivity contribution in [1.82, 2.24) is 9.78 Å². The van der Waals surface area contributed by atoms with Crippen molar-refractivity contribution in [3.05, 3.63) is 54.4 Å². The highest BCUT2D eigenvalue weighted by Gasteiger charge is 2.05. The van der Waals surface area contributed by atoms with Gasteiger partial charge in [-0.2, -0.15) is 5.10 Å². The first kappa shape index (κ1) is 8.01. The molecule has 1 aromatic carbocycles. The number of hydrogen-bond donors (Lipinski definition) is 1. The lowest BCUT2D eigenvalue weighted by Crippen LogP contribution is -2.19. The van der Waals surface area contributed by atoms with Gasteiger partial charge >= 0.3 is 0 Å². The first-order valence-electron chi connectivity index (χ1n) is 4.17. The van der Waals surface area contributed by atoms with Gasteiger partial charge in [0, 0.05) is 12.4 Å². The summed E-state index contributed by atoms with van der Waals surface area (Å²) in [5.41, 5.74) is 7.02. The highest BCUT2D eigenvalue weighted by Crippen LogP contribution is 2.10. The minimum Gasteiger partial charge on any atom is -0.306 e. The van der Waals surface area contributed by atoms with Crippen molar-refractivity contribution in [3.63, 3.8) is 0 Å². The maximum atomic E-state index is 5.96. The van der Waals surface area contributed by atoms with Crippen LogP contribution in [0.1, 0.15) is 11.7 Å². The number of hydrogen-bond acceptors (Lipinski definition) is 2. The molecule has 1 unspecified atom stereocenters. The monoisotopic (exact) mass is 173 g/mol. The third-order valence-electron chi connectivity index (χ3n) is 1.95. The maximum absolute atomic E-state index is 5.96. The second kappa shape index (κ2) is 3.41. The molecule has 13 heavy (non-hydrogen) atoms. The van der Waals surface area contributed by atoms with E-state index >= 15 is 0 Å². The quantitative estimate of drug-likeness (QED) is 0.745. The van der Waals surface area contributed by atoms with Gasteiger partial charge in [-0.05, 0) is 11.6 Å². The third kappa shape index (κ3) is 1.60. The van der Waals surface area contributed by atoms with Crippen LogP contribution in [0.2, 0.25) is 0 Å². The van der Waals surface area contributed by atoms with Crippen LogP contribution in [0.15, 0.2) is 48.8 Å². The fourth-order valence-electron chi connectivity index (χ4n) is 1.25. The fourth-order valence-corrected chi connectivity index (χ4v) is 1.25. The molecule has 0 fully saturated rings. The molecule has 0 aliphatic heterocycles. The third-order valence-corrected chi connectivity index (χ3v) is 1.95. The summed E-state index contributed by atoms with van der Waals surface area (Å²) < 4.78 is 1.73. The van der Waals surface area contributed by atoms with Crippen LogP contribution in [-0.2, 0) is 0 Å². The molecule has 0 aliphatic carbocycles. The zero-order chi connectivity index (χ0) is 9.10. The summed E-state index contributed by atoms with van der Waals surface area (Å²) in [4.78, 5) is 0. The van der Waals surface area contributed by atoms with E-state index in [1.165, 1.54) is 0 Å². The van der Waals surface area contributed by atoms with E-state index in [1.807, 2.05) is 42.6 Å². The first-order chi connectivity index (χ1) is 6.38. The van der Waals surface area contributed by atoms with Crippen LogP contribution in [0.4, 0.5) is 0 Å². The molecular weight excluding hydrogens is 162 g/mol. The smallest absolute Gasteiger partial charge is 0.124 e. The summed E-state index contributed by atoms with van der Waals surface area (Å²) in [6, 6.07) is 11.8. The Hall–Kier alpha value is -1.61. The molecule has 66 valence electrons. The molecule has 1 aromatic heterocycles. The van der Waals surface area contributed by atoms with Crippen molar-refractivity contribution in [3.8, 4) is 0 Å². The van der Waals surface area contributed by atoms with Gasteiger partial charge in [-0.1, -0.05) is 30.3 Å². The van der Waals surface area contributed by atoms with Gasteiger partial charge in [0.2, 0.25) is 0 Å². The van der Waals surface area contributed by atoms with E-state index in [9.17, 15) is 0 Å². The molecule has 2 aromatic rings. The molecule has 1 heterocycles. The van der Waals surface area contributed by atoms with Gasteiger partial charge in [-0.3, -0.25) is 4.68 Å². The van der Waals surface area contributed by atoms with Crippen LogP contribution in [0.3, 0.4) is 0 Å². The van der Waals surface area contributed by atoms with E-state index < -0.39 is 0 Å².